The van der Waals surface area contributed by atoms with Crippen LogP contribution in [0.1, 0.15) is 65.1 Å². The van der Waals surface area contributed by atoms with E-state index in [0.717, 1.165) is 23.5 Å². The van der Waals surface area contributed by atoms with Crippen molar-refractivity contribution in [2.45, 2.75) is 78.0 Å². The number of hydrogen-bond donors (Lipinski definition) is 1. The molecule has 0 aliphatic carbocycles. The van der Waals surface area contributed by atoms with Gasteiger partial charge in [-0.1, -0.05) is 27.7 Å². The van der Waals surface area contributed by atoms with Gasteiger partial charge in [-0.2, -0.15) is 0 Å². The minimum atomic E-state index is 0.00457. The number of anilines is 1. The first-order valence-electron chi connectivity index (χ1n) is 7.77. The monoisotopic (exact) mass is 276 g/mol. The maximum absolute atomic E-state index is 9.54. The zero-order chi connectivity index (χ0) is 14.9. The Balaban J connectivity index is 2.45. The van der Waals surface area contributed by atoms with Gasteiger partial charge in [0, 0.05) is 23.2 Å². The molecule has 0 amide bonds. The molecule has 1 fully saturated rings. The Labute approximate surface area is 123 Å². The SMILES string of the molecule is CCC1CCC(C)N1c1cc(CO)cc(C(C)(C)C)n1. The minimum Gasteiger partial charge on any atom is -0.392 e. The van der Waals surface area contributed by atoms with Crippen LogP contribution in [0.25, 0.3) is 0 Å². The molecule has 0 aromatic carbocycles. The summed E-state index contributed by atoms with van der Waals surface area (Å²) in [6.07, 6.45) is 3.63. The highest BCUT2D eigenvalue weighted by Gasteiger charge is 2.31. The van der Waals surface area contributed by atoms with Gasteiger partial charge in [-0.25, -0.2) is 4.98 Å². The second-order valence-corrected chi connectivity index (χ2v) is 7.02. The molecule has 2 unspecified atom stereocenters. The normalized spacial score (nSPS) is 23.4. The maximum Gasteiger partial charge on any atom is 0.129 e. The summed E-state index contributed by atoms with van der Waals surface area (Å²) < 4.78 is 0. The van der Waals surface area contributed by atoms with Gasteiger partial charge in [-0.15, -0.1) is 0 Å². The van der Waals surface area contributed by atoms with E-state index in [1.165, 1.54) is 12.8 Å². The van der Waals surface area contributed by atoms with E-state index in [1.807, 2.05) is 6.07 Å². The molecule has 0 bridgehead atoms. The van der Waals surface area contributed by atoms with Crippen molar-refractivity contribution >= 4 is 5.82 Å². The fourth-order valence-corrected chi connectivity index (χ4v) is 3.06. The molecule has 3 heteroatoms. The number of pyridine rings is 1. The van der Waals surface area contributed by atoms with Gasteiger partial charge in [-0.05, 0) is 43.9 Å². The van der Waals surface area contributed by atoms with Crippen molar-refractivity contribution in [3.63, 3.8) is 0 Å². The average Bonchev–Trinajstić information content (AvgIpc) is 2.78. The number of nitrogens with zero attached hydrogens (tertiary/aromatic N) is 2. The molecule has 1 aromatic rings. The van der Waals surface area contributed by atoms with Crippen LogP contribution in [0, 0.1) is 0 Å². The van der Waals surface area contributed by atoms with Crippen molar-refractivity contribution in [1.82, 2.24) is 4.98 Å². The fraction of sp³-hybridized carbons (Fsp3) is 0.706. The van der Waals surface area contributed by atoms with E-state index < -0.39 is 0 Å². The Morgan fingerprint density at radius 1 is 1.30 bits per heavy atom. The second-order valence-electron chi connectivity index (χ2n) is 7.02. The van der Waals surface area contributed by atoms with Gasteiger partial charge in [0.15, 0.2) is 0 Å². The summed E-state index contributed by atoms with van der Waals surface area (Å²) in [6.45, 7) is 11.1. The van der Waals surface area contributed by atoms with Gasteiger partial charge in [0.25, 0.3) is 0 Å². The van der Waals surface area contributed by atoms with Crippen LogP contribution in [0.5, 0.6) is 0 Å². The van der Waals surface area contributed by atoms with Crippen LogP contribution < -0.4 is 4.90 Å². The third-order valence-corrected chi connectivity index (χ3v) is 4.34. The topological polar surface area (TPSA) is 36.4 Å². The third kappa shape index (κ3) is 2.98. The number of rotatable bonds is 3. The summed E-state index contributed by atoms with van der Waals surface area (Å²) in [5.74, 6) is 1.04. The van der Waals surface area contributed by atoms with Crippen LogP contribution in [-0.2, 0) is 12.0 Å². The first-order valence-corrected chi connectivity index (χ1v) is 7.77. The number of aliphatic hydroxyl groups excluding tert-OH is 1. The van der Waals surface area contributed by atoms with Gasteiger partial charge in [0.2, 0.25) is 0 Å². The Morgan fingerprint density at radius 3 is 2.55 bits per heavy atom. The molecular formula is C17H28N2O. The van der Waals surface area contributed by atoms with Crippen LogP contribution in [0.2, 0.25) is 0 Å². The molecule has 2 atom stereocenters. The molecule has 3 nitrogen and oxygen atoms in total. The lowest BCUT2D eigenvalue weighted by Gasteiger charge is -2.31. The highest BCUT2D eigenvalue weighted by molar-refractivity contribution is 5.47. The van der Waals surface area contributed by atoms with Crippen LogP contribution in [0.3, 0.4) is 0 Å². The van der Waals surface area contributed by atoms with Crippen LogP contribution in [0.4, 0.5) is 5.82 Å². The molecule has 0 saturated carbocycles. The minimum absolute atomic E-state index is 0.00457. The Hall–Kier alpha value is -1.09. The highest BCUT2D eigenvalue weighted by atomic mass is 16.3. The molecule has 0 spiro atoms. The van der Waals surface area contributed by atoms with E-state index in [0.29, 0.717) is 12.1 Å². The lowest BCUT2D eigenvalue weighted by molar-refractivity contribution is 0.281. The van der Waals surface area contributed by atoms with Gasteiger partial charge < -0.3 is 10.0 Å². The molecular weight excluding hydrogens is 248 g/mol. The summed E-state index contributed by atoms with van der Waals surface area (Å²) in [7, 11) is 0. The largest absolute Gasteiger partial charge is 0.392 e. The number of aliphatic hydroxyl groups is 1. The van der Waals surface area contributed by atoms with E-state index in [1.54, 1.807) is 0 Å². The van der Waals surface area contributed by atoms with E-state index in [4.69, 9.17) is 4.98 Å². The second kappa shape index (κ2) is 5.72. The van der Waals surface area contributed by atoms with E-state index in [2.05, 4.69) is 45.6 Å². The van der Waals surface area contributed by atoms with Gasteiger partial charge >= 0.3 is 0 Å². The first kappa shape index (κ1) is 15.3. The number of hydrogen-bond acceptors (Lipinski definition) is 3. The lowest BCUT2D eigenvalue weighted by atomic mass is 9.90. The van der Waals surface area contributed by atoms with Crippen molar-refractivity contribution in [2.75, 3.05) is 4.90 Å². The Bertz CT molecular complexity index is 465. The highest BCUT2D eigenvalue weighted by Crippen LogP contribution is 2.33. The molecule has 1 aliphatic heterocycles. The lowest BCUT2D eigenvalue weighted by Crippen LogP contribution is -2.35. The van der Waals surface area contributed by atoms with Gasteiger partial charge in [0.05, 0.1) is 6.61 Å². The first-order chi connectivity index (χ1) is 9.36. The van der Waals surface area contributed by atoms with Crippen molar-refractivity contribution < 1.29 is 5.11 Å². The predicted molar refractivity (Wildman–Crippen MR) is 84.1 cm³/mol. The van der Waals surface area contributed by atoms with E-state index >= 15 is 0 Å². The number of aromatic nitrogens is 1. The van der Waals surface area contributed by atoms with Gasteiger partial charge in [0.1, 0.15) is 5.82 Å². The third-order valence-electron chi connectivity index (χ3n) is 4.34. The molecule has 1 aromatic heterocycles. The van der Waals surface area contributed by atoms with E-state index in [9.17, 15) is 5.11 Å². The average molecular weight is 276 g/mol. The molecule has 1 aliphatic rings. The predicted octanol–water partition coefficient (Wildman–Crippen LogP) is 3.64. The molecule has 2 heterocycles. The van der Waals surface area contributed by atoms with Crippen molar-refractivity contribution in [2.24, 2.45) is 0 Å². The van der Waals surface area contributed by atoms with Crippen molar-refractivity contribution in [3.05, 3.63) is 23.4 Å². The van der Waals surface area contributed by atoms with Gasteiger partial charge in [-0.3, -0.25) is 0 Å². The molecule has 2 rings (SSSR count). The summed E-state index contributed by atoms with van der Waals surface area (Å²) in [5, 5.41) is 9.54. The molecule has 20 heavy (non-hydrogen) atoms. The van der Waals surface area contributed by atoms with Crippen molar-refractivity contribution in [1.29, 1.82) is 0 Å². The summed E-state index contributed by atoms with van der Waals surface area (Å²) in [5.41, 5.74) is 2.03. The molecule has 1 saturated heterocycles. The standard InChI is InChI=1S/C17H28N2O/c1-6-14-8-7-12(2)19(14)16-10-13(11-20)9-15(18-16)17(3,4)5/h9-10,12,14,20H,6-8,11H2,1-5H3. The van der Waals surface area contributed by atoms with Crippen LogP contribution in [0.15, 0.2) is 12.1 Å². The summed E-state index contributed by atoms with van der Waals surface area (Å²) in [4.78, 5) is 7.35. The van der Waals surface area contributed by atoms with Crippen LogP contribution in [-0.4, -0.2) is 22.2 Å². The zero-order valence-corrected chi connectivity index (χ0v) is 13.5. The zero-order valence-electron chi connectivity index (χ0n) is 13.5. The fourth-order valence-electron chi connectivity index (χ4n) is 3.06. The van der Waals surface area contributed by atoms with Crippen molar-refractivity contribution in [3.8, 4) is 0 Å². The summed E-state index contributed by atoms with van der Waals surface area (Å²) >= 11 is 0. The molecule has 112 valence electrons. The quantitative estimate of drug-likeness (QED) is 0.915. The Kier molecular flexibility index (Phi) is 4.38. The Morgan fingerprint density at radius 2 is 2.00 bits per heavy atom. The summed E-state index contributed by atoms with van der Waals surface area (Å²) in [6, 6.07) is 5.21. The van der Waals surface area contributed by atoms with E-state index in [-0.39, 0.29) is 12.0 Å². The smallest absolute Gasteiger partial charge is 0.129 e. The molecule has 0 radical (unpaired) electrons. The maximum atomic E-state index is 9.54. The van der Waals surface area contributed by atoms with Crippen LogP contribution >= 0.6 is 0 Å². The molecule has 1 N–H and O–H groups in total.